The van der Waals surface area contributed by atoms with Crippen molar-refractivity contribution in [3.8, 4) is 22.3 Å². The second-order valence-electron chi connectivity index (χ2n) is 11.4. The van der Waals surface area contributed by atoms with E-state index in [4.69, 9.17) is 4.99 Å². The Morgan fingerprint density at radius 2 is 1.38 bits per heavy atom. The van der Waals surface area contributed by atoms with Crippen LogP contribution in [-0.2, 0) is 0 Å². The summed E-state index contributed by atoms with van der Waals surface area (Å²) in [6.07, 6.45) is 20.3. The Morgan fingerprint density at radius 1 is 0.786 bits per heavy atom. The summed E-state index contributed by atoms with van der Waals surface area (Å²) in [5.74, 6) is 1.07. The van der Waals surface area contributed by atoms with Gasteiger partial charge in [-0.05, 0) is 94.3 Å². The molecule has 0 fully saturated rings. The van der Waals surface area contributed by atoms with Crippen LogP contribution in [0.5, 0.6) is 0 Å². The molecule has 1 heterocycles. The lowest BCUT2D eigenvalue weighted by molar-refractivity contribution is 0.444. The zero-order valence-corrected chi connectivity index (χ0v) is 24.6. The van der Waals surface area contributed by atoms with Gasteiger partial charge in [-0.2, -0.15) is 0 Å². The fourth-order valence-electron chi connectivity index (χ4n) is 6.91. The van der Waals surface area contributed by atoms with E-state index in [2.05, 4.69) is 153 Å². The first kappa shape index (κ1) is 26.2. The van der Waals surface area contributed by atoms with Crippen LogP contribution in [-0.4, -0.2) is 22.8 Å². The molecular weight excluding hydrogens is 508 g/mol. The number of nitrogens with zero attached hydrogens (tertiary/aromatic N) is 2. The highest BCUT2D eigenvalue weighted by molar-refractivity contribution is 6.06. The molecule has 0 amide bonds. The molecule has 2 unspecified atom stereocenters. The highest BCUT2D eigenvalue weighted by Crippen LogP contribution is 2.35. The Labute approximate surface area is 248 Å². The fraction of sp³-hybridized carbons (Fsp3) is 0.175. The highest BCUT2D eigenvalue weighted by atomic mass is 15.3. The molecule has 0 aromatic heterocycles. The number of benzene rings is 4. The zero-order chi connectivity index (χ0) is 28.6. The van der Waals surface area contributed by atoms with Crippen LogP contribution >= 0.6 is 0 Å². The lowest BCUT2D eigenvalue weighted by Gasteiger charge is -2.29. The van der Waals surface area contributed by atoms with Crippen molar-refractivity contribution in [2.45, 2.75) is 45.7 Å². The maximum atomic E-state index is 4.94. The SMILES string of the molecule is C/C=C\C=C(/C)N1C(C)=NC2C=CC(c3ccc(-c4c5c(c(-c6ccccc6)c6ccccc46)=CCCC=5)cc3)=CC21. The summed E-state index contributed by atoms with van der Waals surface area (Å²) in [6, 6.07) is 29.4. The minimum atomic E-state index is 0.162. The molecule has 4 aromatic rings. The van der Waals surface area contributed by atoms with Gasteiger partial charge in [0.2, 0.25) is 0 Å². The Bertz CT molecular complexity index is 1950. The first-order valence-corrected chi connectivity index (χ1v) is 15.1. The Balaban J connectivity index is 1.32. The van der Waals surface area contributed by atoms with Gasteiger partial charge >= 0.3 is 0 Å². The minimum Gasteiger partial charge on any atom is -0.325 e. The summed E-state index contributed by atoms with van der Waals surface area (Å²) in [6.45, 7) is 6.34. The van der Waals surface area contributed by atoms with E-state index in [1.54, 1.807) is 0 Å². The predicted octanol–water partition coefficient (Wildman–Crippen LogP) is 8.43. The molecule has 0 saturated carbocycles. The fourth-order valence-corrected chi connectivity index (χ4v) is 6.91. The third-order valence-corrected chi connectivity index (χ3v) is 8.79. The van der Waals surface area contributed by atoms with Gasteiger partial charge in [0.15, 0.2) is 0 Å². The molecule has 206 valence electrons. The number of aliphatic imine (C=N–C) groups is 1. The van der Waals surface area contributed by atoms with Crippen molar-refractivity contribution >= 4 is 34.3 Å². The normalized spacial score (nSPS) is 19.7. The number of rotatable bonds is 5. The second-order valence-corrected chi connectivity index (χ2v) is 11.4. The van der Waals surface area contributed by atoms with Gasteiger partial charge in [-0.3, -0.25) is 4.99 Å². The molecule has 0 radical (unpaired) electrons. The largest absolute Gasteiger partial charge is 0.325 e. The van der Waals surface area contributed by atoms with Crippen LogP contribution in [0.15, 0.2) is 126 Å². The molecule has 0 bridgehead atoms. The molecule has 2 aliphatic carbocycles. The first-order valence-electron chi connectivity index (χ1n) is 15.1. The number of amidine groups is 1. The van der Waals surface area contributed by atoms with E-state index in [-0.39, 0.29) is 12.1 Å². The van der Waals surface area contributed by atoms with Gasteiger partial charge in [0, 0.05) is 5.70 Å². The molecular formula is C40H36N2. The van der Waals surface area contributed by atoms with E-state index < -0.39 is 0 Å². The van der Waals surface area contributed by atoms with Gasteiger partial charge in [0.25, 0.3) is 0 Å². The van der Waals surface area contributed by atoms with Gasteiger partial charge in [-0.25, -0.2) is 0 Å². The molecule has 0 saturated heterocycles. The monoisotopic (exact) mass is 544 g/mol. The molecule has 1 aliphatic heterocycles. The van der Waals surface area contributed by atoms with Gasteiger partial charge in [0.1, 0.15) is 5.84 Å². The van der Waals surface area contributed by atoms with Crippen molar-refractivity contribution in [2.24, 2.45) is 4.99 Å². The van der Waals surface area contributed by atoms with Crippen LogP contribution in [0.3, 0.4) is 0 Å². The van der Waals surface area contributed by atoms with E-state index in [1.807, 2.05) is 0 Å². The molecule has 0 spiro atoms. The van der Waals surface area contributed by atoms with Crippen LogP contribution < -0.4 is 10.4 Å². The Kier molecular flexibility index (Phi) is 6.83. The summed E-state index contributed by atoms with van der Waals surface area (Å²) >= 11 is 0. The lowest BCUT2D eigenvalue weighted by Crippen LogP contribution is -2.36. The number of hydrogen-bond acceptors (Lipinski definition) is 2. The molecule has 4 aromatic carbocycles. The van der Waals surface area contributed by atoms with Crippen LogP contribution in [0, 0.1) is 0 Å². The van der Waals surface area contributed by atoms with Crippen molar-refractivity contribution < 1.29 is 0 Å². The van der Waals surface area contributed by atoms with Crippen LogP contribution in [0.2, 0.25) is 0 Å². The molecule has 2 heteroatoms. The summed E-state index contributed by atoms with van der Waals surface area (Å²) in [4.78, 5) is 7.30. The van der Waals surface area contributed by atoms with Crippen molar-refractivity contribution in [1.82, 2.24) is 4.90 Å². The molecule has 0 N–H and O–H groups in total. The Morgan fingerprint density at radius 3 is 2.02 bits per heavy atom. The van der Waals surface area contributed by atoms with Crippen molar-refractivity contribution in [2.75, 3.05) is 0 Å². The average Bonchev–Trinajstić information content (AvgIpc) is 3.37. The van der Waals surface area contributed by atoms with E-state index >= 15 is 0 Å². The standard InChI is InChI=1S/C40H36N2/c1-4-5-13-27(2)42-28(3)41-37-25-24-32(26-38(37)42)29-20-22-31(23-21-29)40-35-18-11-9-16-33(35)39(30-14-7-6-8-15-30)34-17-10-12-19-36(34)40/h4-9,11,13-26,37-38H,10,12H2,1-3H3/b5-4-,27-13+. The van der Waals surface area contributed by atoms with Crippen molar-refractivity contribution in [3.63, 3.8) is 0 Å². The lowest BCUT2D eigenvalue weighted by atomic mass is 9.86. The summed E-state index contributed by atoms with van der Waals surface area (Å²) in [5, 5.41) is 5.36. The third kappa shape index (κ3) is 4.48. The molecule has 3 aliphatic rings. The predicted molar refractivity (Wildman–Crippen MR) is 180 cm³/mol. The smallest absolute Gasteiger partial charge is 0.101 e. The minimum absolute atomic E-state index is 0.162. The quantitative estimate of drug-likeness (QED) is 0.230. The van der Waals surface area contributed by atoms with Gasteiger partial charge in [0.05, 0.1) is 12.1 Å². The van der Waals surface area contributed by atoms with Crippen LogP contribution in [0.25, 0.3) is 50.8 Å². The number of fused-ring (bicyclic) bond motifs is 3. The summed E-state index contributed by atoms with van der Waals surface area (Å²) in [5.41, 5.74) is 8.94. The van der Waals surface area contributed by atoms with Crippen molar-refractivity contribution in [1.29, 1.82) is 0 Å². The first-order chi connectivity index (χ1) is 20.6. The molecule has 2 atom stereocenters. The van der Waals surface area contributed by atoms with E-state index in [0.717, 1.165) is 18.7 Å². The summed E-state index contributed by atoms with van der Waals surface area (Å²) < 4.78 is 0. The van der Waals surface area contributed by atoms with E-state index in [1.165, 1.54) is 60.3 Å². The van der Waals surface area contributed by atoms with Crippen molar-refractivity contribution in [3.05, 3.63) is 137 Å². The van der Waals surface area contributed by atoms with Gasteiger partial charge in [-0.15, -0.1) is 0 Å². The maximum absolute atomic E-state index is 4.94. The average molecular weight is 545 g/mol. The van der Waals surface area contributed by atoms with Gasteiger partial charge in [-0.1, -0.05) is 121 Å². The third-order valence-electron chi connectivity index (χ3n) is 8.79. The summed E-state index contributed by atoms with van der Waals surface area (Å²) in [7, 11) is 0. The molecule has 42 heavy (non-hydrogen) atoms. The molecule has 7 rings (SSSR count). The van der Waals surface area contributed by atoms with Gasteiger partial charge < -0.3 is 4.90 Å². The highest BCUT2D eigenvalue weighted by Gasteiger charge is 2.34. The maximum Gasteiger partial charge on any atom is 0.101 e. The number of allylic oxidation sites excluding steroid dienone is 6. The van der Waals surface area contributed by atoms with Crippen LogP contribution in [0.4, 0.5) is 0 Å². The Hall–Kier alpha value is -4.69. The van der Waals surface area contributed by atoms with E-state index in [9.17, 15) is 0 Å². The van der Waals surface area contributed by atoms with E-state index in [0.29, 0.717) is 0 Å². The number of hydrogen-bond donors (Lipinski definition) is 0. The van der Waals surface area contributed by atoms with Crippen LogP contribution in [0.1, 0.15) is 39.2 Å². The molecule has 2 nitrogen and oxygen atoms in total. The second kappa shape index (κ2) is 10.9. The topological polar surface area (TPSA) is 15.6 Å². The zero-order valence-electron chi connectivity index (χ0n) is 24.6.